The molecule has 0 radical (unpaired) electrons. The van der Waals surface area contributed by atoms with Gasteiger partial charge in [0.2, 0.25) is 0 Å². The Labute approximate surface area is 99.9 Å². The number of fused-ring (bicyclic) bond motifs is 1. The number of alkyl halides is 3. The van der Waals surface area contributed by atoms with Crippen molar-refractivity contribution in [2.45, 2.75) is 6.36 Å². The summed E-state index contributed by atoms with van der Waals surface area (Å²) in [4.78, 5) is 23.4. The van der Waals surface area contributed by atoms with Crippen molar-refractivity contribution in [2.24, 2.45) is 0 Å². The Morgan fingerprint density at radius 1 is 1.06 bits per heavy atom. The van der Waals surface area contributed by atoms with Crippen LogP contribution in [-0.2, 0) is 4.74 Å². The van der Waals surface area contributed by atoms with Gasteiger partial charge >= 0.3 is 6.36 Å². The van der Waals surface area contributed by atoms with Gasteiger partial charge in [0.05, 0.1) is 6.61 Å². The zero-order chi connectivity index (χ0) is 13.3. The van der Waals surface area contributed by atoms with Crippen LogP contribution in [0.25, 0.3) is 0 Å². The highest BCUT2D eigenvalue weighted by Crippen LogP contribution is 2.24. The topological polar surface area (TPSA) is 43.4 Å². The van der Waals surface area contributed by atoms with Crippen LogP contribution in [0.15, 0.2) is 35.9 Å². The lowest BCUT2D eigenvalue weighted by Gasteiger charge is -2.15. The molecular formula is C12H7F3O3. The van der Waals surface area contributed by atoms with Gasteiger partial charge in [-0.1, -0.05) is 24.3 Å². The van der Waals surface area contributed by atoms with Gasteiger partial charge in [-0.15, -0.1) is 13.2 Å². The van der Waals surface area contributed by atoms with Crippen LogP contribution in [0.3, 0.4) is 0 Å². The van der Waals surface area contributed by atoms with Gasteiger partial charge in [-0.25, -0.2) is 0 Å². The summed E-state index contributed by atoms with van der Waals surface area (Å²) in [6.07, 6.45) is -3.95. The van der Waals surface area contributed by atoms with E-state index in [0.29, 0.717) is 0 Å². The highest BCUT2D eigenvalue weighted by Gasteiger charge is 2.32. The van der Waals surface area contributed by atoms with E-state index in [4.69, 9.17) is 0 Å². The molecule has 0 saturated carbocycles. The van der Waals surface area contributed by atoms with Gasteiger partial charge in [0.1, 0.15) is 0 Å². The standard InChI is InChI=1S/C12H7F3O3/c13-12(14,15)18-6-7-5-10(16)8-3-1-2-4-9(8)11(7)17/h1-5H,6H2. The lowest BCUT2D eigenvalue weighted by molar-refractivity contribution is -0.320. The molecule has 18 heavy (non-hydrogen) atoms. The third-order valence-corrected chi connectivity index (χ3v) is 2.43. The van der Waals surface area contributed by atoms with E-state index >= 15 is 0 Å². The molecule has 1 aliphatic carbocycles. The normalized spacial score (nSPS) is 15.4. The molecule has 0 saturated heterocycles. The number of rotatable bonds is 2. The average molecular weight is 256 g/mol. The number of carbonyl (C=O) groups is 2. The van der Waals surface area contributed by atoms with Gasteiger partial charge in [-0.2, -0.15) is 0 Å². The number of benzene rings is 1. The van der Waals surface area contributed by atoms with Crippen LogP contribution in [0.4, 0.5) is 13.2 Å². The Morgan fingerprint density at radius 3 is 2.28 bits per heavy atom. The van der Waals surface area contributed by atoms with E-state index in [2.05, 4.69) is 4.74 Å². The number of ketones is 2. The van der Waals surface area contributed by atoms with Crippen LogP contribution in [0, 0.1) is 0 Å². The molecule has 0 bridgehead atoms. The lowest BCUT2D eigenvalue weighted by atomic mass is 9.90. The second-order valence-electron chi connectivity index (χ2n) is 3.64. The molecule has 1 aliphatic rings. The van der Waals surface area contributed by atoms with E-state index in [-0.39, 0.29) is 16.7 Å². The Kier molecular flexibility index (Phi) is 3.04. The first-order valence-electron chi connectivity index (χ1n) is 4.98. The molecule has 0 spiro atoms. The molecule has 3 nitrogen and oxygen atoms in total. The fourth-order valence-corrected chi connectivity index (χ4v) is 1.64. The molecule has 0 heterocycles. The molecule has 1 aromatic rings. The molecule has 0 unspecified atom stereocenters. The molecule has 0 fully saturated rings. The molecule has 0 aliphatic heterocycles. The maximum atomic E-state index is 11.9. The van der Waals surface area contributed by atoms with E-state index < -0.39 is 24.5 Å². The van der Waals surface area contributed by atoms with Crippen molar-refractivity contribution in [1.29, 1.82) is 0 Å². The molecule has 0 atom stereocenters. The van der Waals surface area contributed by atoms with Crippen molar-refractivity contribution in [3.8, 4) is 0 Å². The Hall–Kier alpha value is -1.95. The highest BCUT2D eigenvalue weighted by atomic mass is 19.4. The van der Waals surface area contributed by atoms with Gasteiger partial charge in [0, 0.05) is 16.7 Å². The molecule has 1 aromatic carbocycles. The van der Waals surface area contributed by atoms with Crippen molar-refractivity contribution in [3.05, 3.63) is 47.0 Å². The second kappa shape index (κ2) is 4.38. The predicted molar refractivity (Wildman–Crippen MR) is 55.2 cm³/mol. The van der Waals surface area contributed by atoms with E-state index in [1.807, 2.05) is 0 Å². The van der Waals surface area contributed by atoms with Crippen LogP contribution >= 0.6 is 0 Å². The first-order valence-corrected chi connectivity index (χ1v) is 4.98. The van der Waals surface area contributed by atoms with Gasteiger partial charge in [0.15, 0.2) is 11.6 Å². The van der Waals surface area contributed by atoms with Gasteiger partial charge in [0.25, 0.3) is 0 Å². The molecule has 0 N–H and O–H groups in total. The molecule has 0 amide bonds. The Balaban J connectivity index is 2.26. The van der Waals surface area contributed by atoms with Crippen molar-refractivity contribution in [3.63, 3.8) is 0 Å². The smallest absolute Gasteiger partial charge is 0.289 e. The van der Waals surface area contributed by atoms with E-state index in [1.54, 1.807) is 6.07 Å². The predicted octanol–water partition coefficient (Wildman–Crippen LogP) is 2.53. The zero-order valence-corrected chi connectivity index (χ0v) is 8.95. The third kappa shape index (κ3) is 2.48. The molecular weight excluding hydrogens is 249 g/mol. The number of Topliss-reactive ketones (excluding diaryl/α,β-unsaturated/α-hetero) is 1. The Bertz CT molecular complexity index is 544. The largest absolute Gasteiger partial charge is 0.522 e. The molecule has 0 aromatic heterocycles. The SMILES string of the molecule is O=C1C=C(COC(F)(F)F)C(=O)c2ccccc21. The number of hydrogen-bond acceptors (Lipinski definition) is 3. The summed E-state index contributed by atoms with van der Waals surface area (Å²) in [6, 6.07) is 5.97. The fourth-order valence-electron chi connectivity index (χ4n) is 1.64. The van der Waals surface area contributed by atoms with Crippen LogP contribution < -0.4 is 0 Å². The number of halogens is 3. The summed E-state index contributed by atoms with van der Waals surface area (Å²) in [6.45, 7) is -0.956. The van der Waals surface area contributed by atoms with Crippen molar-refractivity contribution < 1.29 is 27.5 Å². The van der Waals surface area contributed by atoms with Crippen molar-refractivity contribution in [2.75, 3.05) is 6.61 Å². The van der Waals surface area contributed by atoms with Crippen LogP contribution in [0.2, 0.25) is 0 Å². The summed E-state index contributed by atoms with van der Waals surface area (Å²) in [5.41, 5.74) is 0.0000539. The summed E-state index contributed by atoms with van der Waals surface area (Å²) in [7, 11) is 0. The maximum absolute atomic E-state index is 11.9. The third-order valence-electron chi connectivity index (χ3n) is 2.43. The van der Waals surface area contributed by atoms with Crippen molar-refractivity contribution in [1.82, 2.24) is 0 Å². The van der Waals surface area contributed by atoms with Gasteiger partial charge < -0.3 is 0 Å². The molecule has 2 rings (SSSR count). The summed E-state index contributed by atoms with van der Waals surface area (Å²) >= 11 is 0. The number of hydrogen-bond donors (Lipinski definition) is 0. The summed E-state index contributed by atoms with van der Waals surface area (Å²) in [5, 5.41) is 0. The lowest BCUT2D eigenvalue weighted by Crippen LogP contribution is -2.23. The first kappa shape index (κ1) is 12.5. The molecule has 6 heteroatoms. The number of allylic oxidation sites excluding steroid dienone is 1. The van der Waals surface area contributed by atoms with Crippen LogP contribution in [0.1, 0.15) is 20.7 Å². The minimum atomic E-state index is -4.83. The summed E-state index contributed by atoms with van der Waals surface area (Å²) < 4.78 is 39.2. The van der Waals surface area contributed by atoms with E-state index in [9.17, 15) is 22.8 Å². The highest BCUT2D eigenvalue weighted by molar-refractivity contribution is 6.24. The minimum Gasteiger partial charge on any atom is -0.289 e. The number of carbonyl (C=O) groups excluding carboxylic acids is 2. The first-order chi connectivity index (χ1) is 8.38. The quantitative estimate of drug-likeness (QED) is 0.816. The fraction of sp³-hybridized carbons (Fsp3) is 0.167. The van der Waals surface area contributed by atoms with Crippen molar-refractivity contribution >= 4 is 11.6 Å². The van der Waals surface area contributed by atoms with Gasteiger partial charge in [-0.05, 0) is 6.08 Å². The second-order valence-corrected chi connectivity index (χ2v) is 3.64. The molecule has 94 valence electrons. The minimum absolute atomic E-state index is 0.103. The Morgan fingerprint density at radius 2 is 1.67 bits per heavy atom. The van der Waals surface area contributed by atoms with Crippen LogP contribution in [0.5, 0.6) is 0 Å². The van der Waals surface area contributed by atoms with Gasteiger partial charge in [-0.3, -0.25) is 14.3 Å². The number of ether oxygens (including phenoxy) is 1. The zero-order valence-electron chi connectivity index (χ0n) is 8.95. The van der Waals surface area contributed by atoms with E-state index in [0.717, 1.165) is 6.08 Å². The maximum Gasteiger partial charge on any atom is 0.522 e. The van der Waals surface area contributed by atoms with Crippen LogP contribution in [-0.4, -0.2) is 24.5 Å². The monoisotopic (exact) mass is 256 g/mol. The van der Waals surface area contributed by atoms with E-state index in [1.165, 1.54) is 18.2 Å². The summed E-state index contributed by atoms with van der Waals surface area (Å²) in [5.74, 6) is -1.11. The average Bonchev–Trinajstić information content (AvgIpc) is 2.31.